The minimum absolute atomic E-state index is 0.0164. The van der Waals surface area contributed by atoms with E-state index < -0.39 is 0 Å². The minimum atomic E-state index is -0.248. The molecule has 136 valence electrons. The standard InChI is InChI=1S/C21H25N3O2/c1-16-6-5-13-24(15-16)21(26)18-10-12-22-19(14-18)20(25)23-11-9-17-7-3-2-4-8-17/h2-4,7-8,10,12,14,16H,5-6,9,11,13,15H2,1H3,(H,23,25). The van der Waals surface area contributed by atoms with Gasteiger partial charge in [0.1, 0.15) is 5.69 Å². The first-order chi connectivity index (χ1) is 12.6. The van der Waals surface area contributed by atoms with Crippen LogP contribution in [0.4, 0.5) is 0 Å². The van der Waals surface area contributed by atoms with E-state index in [0.717, 1.165) is 32.4 Å². The Balaban J connectivity index is 1.59. The monoisotopic (exact) mass is 351 g/mol. The Kier molecular flexibility index (Phi) is 6.00. The maximum atomic E-state index is 12.7. The minimum Gasteiger partial charge on any atom is -0.350 e. The second-order valence-corrected chi connectivity index (χ2v) is 6.92. The molecule has 1 fully saturated rings. The molecule has 3 rings (SSSR count). The number of nitrogens with zero attached hydrogens (tertiary/aromatic N) is 2. The molecule has 5 heteroatoms. The van der Waals surface area contributed by atoms with Crippen LogP contribution in [0, 0.1) is 5.92 Å². The number of piperidine rings is 1. The van der Waals surface area contributed by atoms with Crippen molar-refractivity contribution in [3.8, 4) is 0 Å². The summed E-state index contributed by atoms with van der Waals surface area (Å²) >= 11 is 0. The van der Waals surface area contributed by atoms with Gasteiger partial charge in [-0.15, -0.1) is 0 Å². The Labute approximate surface area is 154 Å². The maximum absolute atomic E-state index is 12.7. The number of rotatable bonds is 5. The van der Waals surface area contributed by atoms with E-state index in [1.807, 2.05) is 35.2 Å². The Morgan fingerprint density at radius 3 is 2.81 bits per heavy atom. The molecule has 5 nitrogen and oxygen atoms in total. The topological polar surface area (TPSA) is 62.3 Å². The molecule has 1 aliphatic rings. The highest BCUT2D eigenvalue weighted by atomic mass is 16.2. The van der Waals surface area contributed by atoms with Crippen LogP contribution in [0.5, 0.6) is 0 Å². The summed E-state index contributed by atoms with van der Waals surface area (Å²) in [5.41, 5.74) is 1.99. The van der Waals surface area contributed by atoms with Gasteiger partial charge in [-0.2, -0.15) is 0 Å². The number of amides is 2. The summed E-state index contributed by atoms with van der Waals surface area (Å²) in [5.74, 6) is 0.259. The smallest absolute Gasteiger partial charge is 0.269 e. The fourth-order valence-electron chi connectivity index (χ4n) is 3.30. The fraction of sp³-hybridized carbons (Fsp3) is 0.381. The zero-order valence-electron chi connectivity index (χ0n) is 15.1. The molecule has 0 aliphatic carbocycles. The Bertz CT molecular complexity index is 761. The third kappa shape index (κ3) is 4.69. The van der Waals surface area contributed by atoms with Gasteiger partial charge in [0, 0.05) is 31.4 Å². The highest BCUT2D eigenvalue weighted by molar-refractivity contribution is 5.98. The number of hydrogen-bond donors (Lipinski definition) is 1. The number of pyridine rings is 1. The number of carbonyl (C=O) groups excluding carboxylic acids is 2. The summed E-state index contributed by atoms with van der Waals surface area (Å²) in [6.07, 6.45) is 4.49. The van der Waals surface area contributed by atoms with Gasteiger partial charge in [0.25, 0.3) is 11.8 Å². The van der Waals surface area contributed by atoms with Crippen LogP contribution in [0.2, 0.25) is 0 Å². The molecule has 2 heterocycles. The van der Waals surface area contributed by atoms with Crippen LogP contribution in [0.3, 0.4) is 0 Å². The molecule has 1 aromatic carbocycles. The number of hydrogen-bond acceptors (Lipinski definition) is 3. The van der Waals surface area contributed by atoms with Crippen LogP contribution in [0.25, 0.3) is 0 Å². The molecule has 1 aromatic heterocycles. The Morgan fingerprint density at radius 2 is 2.04 bits per heavy atom. The van der Waals surface area contributed by atoms with E-state index in [2.05, 4.69) is 17.2 Å². The number of nitrogens with one attached hydrogen (secondary N) is 1. The largest absolute Gasteiger partial charge is 0.350 e. The molecule has 1 atom stereocenters. The molecule has 1 saturated heterocycles. The fourth-order valence-corrected chi connectivity index (χ4v) is 3.30. The van der Waals surface area contributed by atoms with Gasteiger partial charge < -0.3 is 10.2 Å². The van der Waals surface area contributed by atoms with Gasteiger partial charge in [-0.1, -0.05) is 37.3 Å². The van der Waals surface area contributed by atoms with Crippen LogP contribution in [0.1, 0.15) is 46.2 Å². The zero-order chi connectivity index (χ0) is 18.4. The normalized spacial score (nSPS) is 17.0. The number of carbonyl (C=O) groups is 2. The SMILES string of the molecule is CC1CCCN(C(=O)c2ccnc(C(=O)NCCc3ccccc3)c2)C1. The van der Waals surface area contributed by atoms with Crippen molar-refractivity contribution in [3.05, 3.63) is 65.5 Å². The van der Waals surface area contributed by atoms with E-state index in [9.17, 15) is 9.59 Å². The van der Waals surface area contributed by atoms with Crippen molar-refractivity contribution in [2.45, 2.75) is 26.2 Å². The van der Waals surface area contributed by atoms with Crippen LogP contribution in [-0.4, -0.2) is 41.3 Å². The van der Waals surface area contributed by atoms with Gasteiger partial charge >= 0.3 is 0 Å². The average Bonchev–Trinajstić information content (AvgIpc) is 2.68. The molecule has 26 heavy (non-hydrogen) atoms. The van der Waals surface area contributed by atoms with E-state index in [0.29, 0.717) is 18.0 Å². The second-order valence-electron chi connectivity index (χ2n) is 6.92. The molecule has 1 aliphatic heterocycles. The quantitative estimate of drug-likeness (QED) is 0.901. The van der Waals surface area contributed by atoms with Gasteiger partial charge in [0.05, 0.1) is 0 Å². The lowest BCUT2D eigenvalue weighted by molar-refractivity contribution is 0.0683. The predicted octanol–water partition coefficient (Wildman–Crippen LogP) is 2.93. The summed E-state index contributed by atoms with van der Waals surface area (Å²) in [4.78, 5) is 31.0. The van der Waals surface area contributed by atoms with Gasteiger partial charge in [-0.25, -0.2) is 0 Å². The van der Waals surface area contributed by atoms with Crippen LogP contribution in [-0.2, 0) is 6.42 Å². The molecule has 0 saturated carbocycles. The van der Waals surface area contributed by atoms with Crippen molar-refractivity contribution in [2.24, 2.45) is 5.92 Å². The summed E-state index contributed by atoms with van der Waals surface area (Å²) in [7, 11) is 0. The molecule has 0 radical (unpaired) electrons. The van der Waals surface area contributed by atoms with E-state index >= 15 is 0 Å². The molecule has 0 spiro atoms. The van der Waals surface area contributed by atoms with E-state index in [1.165, 1.54) is 11.8 Å². The predicted molar refractivity (Wildman–Crippen MR) is 101 cm³/mol. The summed E-state index contributed by atoms with van der Waals surface area (Å²) in [6, 6.07) is 13.3. The third-order valence-corrected chi connectivity index (χ3v) is 4.73. The van der Waals surface area contributed by atoms with Crippen molar-refractivity contribution in [1.29, 1.82) is 0 Å². The number of aromatic nitrogens is 1. The molecular formula is C21H25N3O2. The van der Waals surface area contributed by atoms with Gasteiger partial charge in [-0.3, -0.25) is 14.6 Å². The molecule has 0 bridgehead atoms. The first-order valence-corrected chi connectivity index (χ1v) is 9.21. The lowest BCUT2D eigenvalue weighted by Gasteiger charge is -2.31. The highest BCUT2D eigenvalue weighted by Crippen LogP contribution is 2.18. The average molecular weight is 351 g/mol. The van der Waals surface area contributed by atoms with E-state index in [-0.39, 0.29) is 17.5 Å². The van der Waals surface area contributed by atoms with Crippen LogP contribution in [0.15, 0.2) is 48.7 Å². The van der Waals surface area contributed by atoms with Crippen molar-refractivity contribution in [3.63, 3.8) is 0 Å². The molecular weight excluding hydrogens is 326 g/mol. The molecule has 1 N–H and O–H groups in total. The van der Waals surface area contributed by atoms with Crippen LogP contribution >= 0.6 is 0 Å². The van der Waals surface area contributed by atoms with Gasteiger partial charge in [-0.05, 0) is 42.9 Å². The Hall–Kier alpha value is -2.69. The van der Waals surface area contributed by atoms with Gasteiger partial charge in [0.2, 0.25) is 0 Å². The lowest BCUT2D eigenvalue weighted by Crippen LogP contribution is -2.39. The Morgan fingerprint density at radius 1 is 1.23 bits per heavy atom. The van der Waals surface area contributed by atoms with Crippen molar-refractivity contribution in [1.82, 2.24) is 15.2 Å². The van der Waals surface area contributed by atoms with Crippen molar-refractivity contribution in [2.75, 3.05) is 19.6 Å². The summed E-state index contributed by atoms with van der Waals surface area (Å²) < 4.78 is 0. The van der Waals surface area contributed by atoms with E-state index in [1.54, 1.807) is 12.1 Å². The van der Waals surface area contributed by atoms with E-state index in [4.69, 9.17) is 0 Å². The summed E-state index contributed by atoms with van der Waals surface area (Å²) in [6.45, 7) is 4.26. The molecule has 1 unspecified atom stereocenters. The van der Waals surface area contributed by atoms with Gasteiger partial charge in [0.15, 0.2) is 0 Å². The number of likely N-dealkylation sites (tertiary alicyclic amines) is 1. The first kappa shape index (κ1) is 18.1. The molecule has 2 aromatic rings. The lowest BCUT2D eigenvalue weighted by atomic mass is 9.99. The van der Waals surface area contributed by atoms with Crippen LogP contribution < -0.4 is 5.32 Å². The van der Waals surface area contributed by atoms with Crippen molar-refractivity contribution >= 4 is 11.8 Å². The third-order valence-electron chi connectivity index (χ3n) is 4.73. The maximum Gasteiger partial charge on any atom is 0.269 e. The highest BCUT2D eigenvalue weighted by Gasteiger charge is 2.22. The zero-order valence-corrected chi connectivity index (χ0v) is 15.1. The summed E-state index contributed by atoms with van der Waals surface area (Å²) in [5, 5.41) is 2.87. The second kappa shape index (κ2) is 8.61. The van der Waals surface area contributed by atoms with Crippen molar-refractivity contribution < 1.29 is 9.59 Å². The first-order valence-electron chi connectivity index (χ1n) is 9.21. The molecule has 2 amide bonds. The number of benzene rings is 1.